The van der Waals surface area contributed by atoms with Crippen molar-refractivity contribution < 1.29 is 13.6 Å². The standard InChI is InChI=1S/C19H25F2N3O/c1-19(2,22)18(25)24-10-15(12-7-13(20)9-14(21)8-12)17-16(24)11-3-5-23(17)6-4-11/h7-9,11,15-17H,3-6,10,22H2,1-2H3/t15-,16-,17-/m1/s1. The topological polar surface area (TPSA) is 49.6 Å². The third-order valence-electron chi connectivity index (χ3n) is 6.12. The van der Waals surface area contributed by atoms with Crippen molar-refractivity contribution in [3.8, 4) is 0 Å². The van der Waals surface area contributed by atoms with Crippen molar-refractivity contribution in [3.05, 3.63) is 35.4 Å². The zero-order valence-corrected chi connectivity index (χ0v) is 14.7. The SMILES string of the molecule is CC(C)(N)C(=O)N1C[C@H](c2cc(F)cc(F)c2)[C@@H]2[C@H]1C1CCN2CC1. The van der Waals surface area contributed by atoms with E-state index in [1.807, 2.05) is 4.90 Å². The molecule has 0 aromatic heterocycles. The van der Waals surface area contributed by atoms with Gasteiger partial charge in [0.2, 0.25) is 5.91 Å². The first-order valence-electron chi connectivity index (χ1n) is 9.05. The normalized spacial score (nSPS) is 34.3. The van der Waals surface area contributed by atoms with Gasteiger partial charge in [0.25, 0.3) is 0 Å². The van der Waals surface area contributed by atoms with Crippen LogP contribution in [0.4, 0.5) is 8.78 Å². The zero-order chi connectivity index (χ0) is 17.9. The molecule has 4 fully saturated rings. The highest BCUT2D eigenvalue weighted by Gasteiger charge is 2.55. The van der Waals surface area contributed by atoms with Crippen LogP contribution in [0.15, 0.2) is 18.2 Å². The van der Waals surface area contributed by atoms with Crippen LogP contribution >= 0.6 is 0 Å². The van der Waals surface area contributed by atoms with Crippen molar-refractivity contribution in [2.45, 2.75) is 50.2 Å². The van der Waals surface area contributed by atoms with Gasteiger partial charge in [0.15, 0.2) is 0 Å². The van der Waals surface area contributed by atoms with Gasteiger partial charge in [0.1, 0.15) is 11.6 Å². The quantitative estimate of drug-likeness (QED) is 0.889. The molecule has 1 aromatic rings. The molecule has 6 heteroatoms. The Morgan fingerprint density at radius 2 is 1.72 bits per heavy atom. The molecule has 0 unspecified atom stereocenters. The average Bonchev–Trinajstić information content (AvgIpc) is 2.96. The summed E-state index contributed by atoms with van der Waals surface area (Å²) >= 11 is 0. The summed E-state index contributed by atoms with van der Waals surface area (Å²) in [7, 11) is 0. The van der Waals surface area contributed by atoms with E-state index in [9.17, 15) is 13.6 Å². The van der Waals surface area contributed by atoms with E-state index in [4.69, 9.17) is 5.73 Å². The number of piperidine rings is 3. The third-order valence-corrected chi connectivity index (χ3v) is 6.12. The zero-order valence-electron chi connectivity index (χ0n) is 14.7. The van der Waals surface area contributed by atoms with Gasteiger partial charge in [-0.05, 0) is 63.4 Å². The fourth-order valence-corrected chi connectivity index (χ4v) is 5.11. The minimum atomic E-state index is -0.946. The highest BCUT2D eigenvalue weighted by atomic mass is 19.1. The predicted molar refractivity (Wildman–Crippen MR) is 91.0 cm³/mol. The summed E-state index contributed by atoms with van der Waals surface area (Å²) < 4.78 is 27.6. The van der Waals surface area contributed by atoms with Gasteiger partial charge in [0.05, 0.1) is 11.6 Å². The summed E-state index contributed by atoms with van der Waals surface area (Å²) in [6, 6.07) is 3.94. The number of halogens is 2. The number of rotatable bonds is 2. The molecular weight excluding hydrogens is 324 g/mol. The average molecular weight is 349 g/mol. The number of nitrogens with two attached hydrogens (primary N) is 1. The highest BCUT2D eigenvalue weighted by molar-refractivity contribution is 5.86. The molecule has 4 nitrogen and oxygen atoms in total. The first-order chi connectivity index (χ1) is 11.8. The van der Waals surface area contributed by atoms with E-state index in [1.54, 1.807) is 13.8 Å². The van der Waals surface area contributed by atoms with E-state index >= 15 is 0 Å². The molecule has 0 saturated carbocycles. The number of amides is 1. The summed E-state index contributed by atoms with van der Waals surface area (Å²) in [4.78, 5) is 17.2. The fraction of sp³-hybridized carbons (Fsp3) is 0.632. The number of likely N-dealkylation sites (tertiary alicyclic amines) is 1. The molecule has 1 amide bonds. The van der Waals surface area contributed by atoms with Crippen LogP contribution in [-0.4, -0.2) is 53.0 Å². The largest absolute Gasteiger partial charge is 0.336 e. The maximum atomic E-state index is 13.8. The Morgan fingerprint density at radius 1 is 1.12 bits per heavy atom. The lowest BCUT2D eigenvalue weighted by molar-refractivity contribution is -0.140. The van der Waals surface area contributed by atoms with Crippen LogP contribution in [0.2, 0.25) is 0 Å². The van der Waals surface area contributed by atoms with E-state index in [-0.39, 0.29) is 23.9 Å². The molecule has 136 valence electrons. The minimum absolute atomic E-state index is 0.0735. The van der Waals surface area contributed by atoms with Crippen LogP contribution in [0, 0.1) is 17.6 Å². The monoisotopic (exact) mass is 349 g/mol. The molecule has 0 radical (unpaired) electrons. The fourth-order valence-electron chi connectivity index (χ4n) is 5.11. The molecule has 4 aliphatic rings. The van der Waals surface area contributed by atoms with Gasteiger partial charge in [-0.3, -0.25) is 9.69 Å². The number of fused-ring (bicyclic) bond motifs is 2. The number of hydrogen-bond donors (Lipinski definition) is 1. The van der Waals surface area contributed by atoms with Crippen LogP contribution in [0.5, 0.6) is 0 Å². The molecule has 4 saturated heterocycles. The van der Waals surface area contributed by atoms with Gasteiger partial charge in [-0.1, -0.05) is 0 Å². The molecular formula is C19H25F2N3O. The van der Waals surface area contributed by atoms with Crippen LogP contribution in [0.3, 0.4) is 0 Å². The second-order valence-corrected chi connectivity index (χ2v) is 8.34. The summed E-state index contributed by atoms with van der Waals surface area (Å²) in [6.45, 7) is 5.91. The molecule has 5 rings (SSSR count). The van der Waals surface area contributed by atoms with Gasteiger partial charge in [-0.25, -0.2) is 8.78 Å². The van der Waals surface area contributed by atoms with Crippen molar-refractivity contribution in [1.29, 1.82) is 0 Å². The van der Waals surface area contributed by atoms with Crippen LogP contribution in [-0.2, 0) is 4.79 Å². The van der Waals surface area contributed by atoms with Crippen molar-refractivity contribution in [2.24, 2.45) is 11.7 Å². The van der Waals surface area contributed by atoms with E-state index in [2.05, 4.69) is 4.90 Å². The number of carbonyl (C=O) groups excluding carboxylic acids is 1. The molecule has 0 aliphatic carbocycles. The van der Waals surface area contributed by atoms with Crippen molar-refractivity contribution in [1.82, 2.24) is 9.80 Å². The number of nitrogens with zero attached hydrogens (tertiary/aromatic N) is 2. The summed E-state index contributed by atoms with van der Waals surface area (Å²) in [5.74, 6) is -0.831. The first kappa shape index (κ1) is 16.9. The molecule has 1 aromatic carbocycles. The summed E-state index contributed by atoms with van der Waals surface area (Å²) in [5, 5.41) is 0. The van der Waals surface area contributed by atoms with E-state index in [1.165, 1.54) is 12.1 Å². The van der Waals surface area contributed by atoms with Gasteiger partial charge in [0, 0.05) is 24.6 Å². The first-order valence-corrected chi connectivity index (χ1v) is 9.05. The molecule has 2 N–H and O–H groups in total. The second kappa shape index (κ2) is 5.74. The second-order valence-electron chi connectivity index (χ2n) is 8.34. The van der Waals surface area contributed by atoms with Gasteiger partial charge >= 0.3 is 0 Å². The predicted octanol–water partition coefficient (Wildman–Crippen LogP) is 2.09. The lowest BCUT2D eigenvalue weighted by atomic mass is 9.75. The van der Waals surface area contributed by atoms with E-state index in [0.717, 1.165) is 32.0 Å². The van der Waals surface area contributed by atoms with E-state index in [0.29, 0.717) is 18.0 Å². The third kappa shape index (κ3) is 2.75. The summed E-state index contributed by atoms with van der Waals surface area (Å²) in [5.41, 5.74) is 5.78. The van der Waals surface area contributed by atoms with Crippen LogP contribution < -0.4 is 5.73 Å². The molecule has 4 aliphatic heterocycles. The Hall–Kier alpha value is -1.53. The molecule has 0 spiro atoms. The molecule has 4 heterocycles. The number of benzene rings is 1. The van der Waals surface area contributed by atoms with Crippen molar-refractivity contribution in [3.63, 3.8) is 0 Å². The van der Waals surface area contributed by atoms with Gasteiger partial charge < -0.3 is 10.6 Å². The van der Waals surface area contributed by atoms with Crippen molar-refractivity contribution in [2.75, 3.05) is 19.6 Å². The van der Waals surface area contributed by atoms with Crippen LogP contribution in [0.1, 0.15) is 38.2 Å². The van der Waals surface area contributed by atoms with Crippen LogP contribution in [0.25, 0.3) is 0 Å². The lowest BCUT2D eigenvalue weighted by Gasteiger charge is -2.51. The Labute approximate surface area is 147 Å². The van der Waals surface area contributed by atoms with E-state index < -0.39 is 17.2 Å². The highest BCUT2D eigenvalue weighted by Crippen LogP contribution is 2.47. The molecule has 25 heavy (non-hydrogen) atoms. The van der Waals surface area contributed by atoms with Gasteiger partial charge in [-0.15, -0.1) is 0 Å². The Morgan fingerprint density at radius 3 is 2.28 bits per heavy atom. The maximum absolute atomic E-state index is 13.8. The van der Waals surface area contributed by atoms with Gasteiger partial charge in [-0.2, -0.15) is 0 Å². The Bertz CT molecular complexity index is 674. The number of carbonyl (C=O) groups is 1. The Balaban J connectivity index is 1.74. The maximum Gasteiger partial charge on any atom is 0.242 e. The summed E-state index contributed by atoms with van der Waals surface area (Å²) in [6.07, 6.45) is 2.14. The Kier molecular flexibility index (Phi) is 3.88. The minimum Gasteiger partial charge on any atom is -0.336 e. The lowest BCUT2D eigenvalue weighted by Crippen LogP contribution is -2.63. The smallest absolute Gasteiger partial charge is 0.242 e. The van der Waals surface area contributed by atoms with Crippen molar-refractivity contribution >= 4 is 5.91 Å². The molecule has 2 bridgehead atoms. The molecule has 3 atom stereocenters. The number of hydrogen-bond acceptors (Lipinski definition) is 3.